The van der Waals surface area contributed by atoms with E-state index in [2.05, 4.69) is 17.1 Å². The van der Waals surface area contributed by atoms with Crippen molar-refractivity contribution in [1.29, 1.82) is 0 Å². The van der Waals surface area contributed by atoms with E-state index >= 15 is 0 Å². The molecule has 0 bridgehead atoms. The SMILES string of the molecule is OC(c1cc2c(s1)CCC2)C1CCCc2cccnc21. The van der Waals surface area contributed by atoms with Crippen molar-refractivity contribution in [1.82, 2.24) is 4.98 Å². The summed E-state index contributed by atoms with van der Waals surface area (Å²) in [7, 11) is 0. The molecule has 2 heterocycles. The van der Waals surface area contributed by atoms with Crippen LogP contribution in [-0.2, 0) is 19.3 Å². The summed E-state index contributed by atoms with van der Waals surface area (Å²) < 4.78 is 0. The summed E-state index contributed by atoms with van der Waals surface area (Å²) in [6.07, 6.45) is 8.47. The largest absolute Gasteiger partial charge is 0.387 e. The molecule has 0 saturated heterocycles. The maximum Gasteiger partial charge on any atom is 0.0965 e. The molecular weight excluding hydrogens is 266 g/mol. The Kier molecular flexibility index (Phi) is 3.12. The van der Waals surface area contributed by atoms with Crippen LogP contribution in [-0.4, -0.2) is 10.1 Å². The zero-order valence-corrected chi connectivity index (χ0v) is 12.3. The number of fused-ring (bicyclic) bond motifs is 2. The maximum atomic E-state index is 10.8. The first-order chi connectivity index (χ1) is 9.83. The van der Waals surface area contributed by atoms with Gasteiger partial charge in [-0.15, -0.1) is 11.3 Å². The molecule has 0 aromatic carbocycles. The Bertz CT molecular complexity index is 612. The summed E-state index contributed by atoms with van der Waals surface area (Å²) >= 11 is 1.82. The third-order valence-electron chi connectivity index (χ3n) is 4.68. The van der Waals surface area contributed by atoms with Crippen molar-refractivity contribution in [3.8, 4) is 0 Å². The van der Waals surface area contributed by atoms with Crippen LogP contribution in [0.15, 0.2) is 24.4 Å². The van der Waals surface area contributed by atoms with Gasteiger partial charge in [-0.2, -0.15) is 0 Å². The number of aliphatic hydroxyl groups is 1. The average molecular weight is 285 g/mol. The van der Waals surface area contributed by atoms with Gasteiger partial charge >= 0.3 is 0 Å². The fourth-order valence-electron chi connectivity index (χ4n) is 3.65. The number of pyridine rings is 1. The van der Waals surface area contributed by atoms with Gasteiger partial charge in [-0.3, -0.25) is 4.98 Å². The van der Waals surface area contributed by atoms with Crippen molar-refractivity contribution in [3.63, 3.8) is 0 Å². The second kappa shape index (κ2) is 4.97. The van der Waals surface area contributed by atoms with Crippen LogP contribution in [0, 0.1) is 0 Å². The highest BCUT2D eigenvalue weighted by Gasteiger charge is 2.30. The molecule has 104 valence electrons. The minimum Gasteiger partial charge on any atom is -0.387 e. The summed E-state index contributed by atoms with van der Waals surface area (Å²) in [5, 5.41) is 10.8. The highest BCUT2D eigenvalue weighted by atomic mass is 32.1. The number of hydrogen-bond acceptors (Lipinski definition) is 3. The van der Waals surface area contributed by atoms with Crippen molar-refractivity contribution < 1.29 is 5.11 Å². The van der Waals surface area contributed by atoms with Crippen molar-refractivity contribution in [3.05, 3.63) is 51.0 Å². The Morgan fingerprint density at radius 3 is 3.00 bits per heavy atom. The summed E-state index contributed by atoms with van der Waals surface area (Å²) in [5.74, 6) is 0.179. The molecule has 0 amide bonds. The molecule has 0 spiro atoms. The predicted octanol–water partition coefficient (Wildman–Crippen LogP) is 3.79. The maximum absolute atomic E-state index is 10.8. The molecule has 2 aliphatic carbocycles. The van der Waals surface area contributed by atoms with E-state index in [0.717, 1.165) is 29.8 Å². The normalized spacial score (nSPS) is 22.4. The van der Waals surface area contributed by atoms with Gasteiger partial charge < -0.3 is 5.11 Å². The third kappa shape index (κ3) is 2.00. The molecule has 0 fully saturated rings. The number of thiophene rings is 1. The number of hydrogen-bond donors (Lipinski definition) is 1. The number of aryl methyl sites for hydroxylation is 3. The molecule has 2 nitrogen and oxygen atoms in total. The fraction of sp³-hybridized carbons (Fsp3) is 0.471. The number of nitrogens with zero attached hydrogens (tertiary/aromatic N) is 1. The van der Waals surface area contributed by atoms with E-state index in [9.17, 15) is 5.11 Å². The smallest absolute Gasteiger partial charge is 0.0965 e. The minimum atomic E-state index is -0.375. The lowest BCUT2D eigenvalue weighted by Crippen LogP contribution is -2.18. The number of aliphatic hydroxyl groups excluding tert-OH is 1. The van der Waals surface area contributed by atoms with Crippen molar-refractivity contribution in [2.24, 2.45) is 0 Å². The first kappa shape index (κ1) is 12.5. The second-order valence-electron chi connectivity index (χ2n) is 5.94. The standard InChI is InChI=1S/C17H19NOS/c19-17(15-10-12-5-2-8-14(12)20-15)13-7-1-4-11-6-3-9-18-16(11)13/h3,6,9-10,13,17,19H,1-2,4-5,7-8H2. The first-order valence-electron chi connectivity index (χ1n) is 7.56. The molecule has 1 N–H and O–H groups in total. The van der Waals surface area contributed by atoms with Crippen LogP contribution in [0.1, 0.15) is 57.9 Å². The Hall–Kier alpha value is -1.19. The summed E-state index contributed by atoms with van der Waals surface area (Å²) in [6, 6.07) is 6.41. The molecule has 2 aromatic rings. The minimum absolute atomic E-state index is 0.179. The van der Waals surface area contributed by atoms with Crippen LogP contribution in [0.4, 0.5) is 0 Å². The van der Waals surface area contributed by atoms with E-state index in [0.29, 0.717) is 0 Å². The third-order valence-corrected chi connectivity index (χ3v) is 5.98. The Morgan fingerprint density at radius 2 is 2.10 bits per heavy atom. The van der Waals surface area contributed by atoms with Gasteiger partial charge in [-0.05, 0) is 61.8 Å². The Labute approximate surface area is 123 Å². The zero-order chi connectivity index (χ0) is 13.5. The van der Waals surface area contributed by atoms with Gasteiger partial charge in [0, 0.05) is 27.6 Å². The zero-order valence-electron chi connectivity index (χ0n) is 11.5. The fourth-order valence-corrected chi connectivity index (χ4v) is 4.96. The Morgan fingerprint density at radius 1 is 1.20 bits per heavy atom. The Balaban J connectivity index is 1.67. The average Bonchev–Trinajstić information content (AvgIpc) is 3.07. The molecule has 0 aliphatic heterocycles. The van der Waals surface area contributed by atoms with Crippen LogP contribution >= 0.6 is 11.3 Å². The molecule has 4 rings (SSSR count). The highest BCUT2D eigenvalue weighted by Crippen LogP contribution is 2.43. The van der Waals surface area contributed by atoms with E-state index in [4.69, 9.17) is 0 Å². The van der Waals surface area contributed by atoms with Gasteiger partial charge in [0.1, 0.15) is 0 Å². The quantitative estimate of drug-likeness (QED) is 0.910. The van der Waals surface area contributed by atoms with Crippen molar-refractivity contribution in [2.45, 2.75) is 50.5 Å². The van der Waals surface area contributed by atoms with E-state index in [1.54, 1.807) is 0 Å². The molecule has 2 atom stereocenters. The molecule has 0 saturated carbocycles. The lowest BCUT2D eigenvalue weighted by molar-refractivity contribution is 0.137. The molecule has 2 aliphatic rings. The van der Waals surface area contributed by atoms with Gasteiger partial charge in [0.25, 0.3) is 0 Å². The van der Waals surface area contributed by atoms with Crippen LogP contribution in [0.3, 0.4) is 0 Å². The molecular formula is C17H19NOS. The predicted molar refractivity (Wildman–Crippen MR) is 81.2 cm³/mol. The van der Waals surface area contributed by atoms with Crippen LogP contribution in [0.5, 0.6) is 0 Å². The molecule has 2 unspecified atom stereocenters. The first-order valence-corrected chi connectivity index (χ1v) is 8.38. The van der Waals surface area contributed by atoms with Gasteiger partial charge in [-0.1, -0.05) is 6.07 Å². The van der Waals surface area contributed by atoms with Crippen molar-refractivity contribution in [2.75, 3.05) is 0 Å². The lowest BCUT2D eigenvalue weighted by atomic mass is 9.82. The molecule has 2 aromatic heterocycles. The van der Waals surface area contributed by atoms with Gasteiger partial charge in [0.2, 0.25) is 0 Å². The number of aromatic nitrogens is 1. The van der Waals surface area contributed by atoms with Gasteiger partial charge in [0.15, 0.2) is 0 Å². The van der Waals surface area contributed by atoms with E-state index < -0.39 is 0 Å². The lowest BCUT2D eigenvalue weighted by Gasteiger charge is -2.27. The summed E-state index contributed by atoms with van der Waals surface area (Å²) in [6.45, 7) is 0. The van der Waals surface area contributed by atoms with Gasteiger partial charge in [-0.25, -0.2) is 0 Å². The molecule has 3 heteroatoms. The summed E-state index contributed by atoms with van der Waals surface area (Å²) in [4.78, 5) is 7.20. The second-order valence-corrected chi connectivity index (χ2v) is 7.11. The monoisotopic (exact) mass is 285 g/mol. The molecule has 20 heavy (non-hydrogen) atoms. The number of rotatable bonds is 2. The van der Waals surface area contributed by atoms with Crippen molar-refractivity contribution >= 4 is 11.3 Å². The van der Waals surface area contributed by atoms with Gasteiger partial charge in [0.05, 0.1) is 6.10 Å². The highest BCUT2D eigenvalue weighted by molar-refractivity contribution is 7.12. The van der Waals surface area contributed by atoms with E-state index in [1.807, 2.05) is 23.6 Å². The summed E-state index contributed by atoms with van der Waals surface area (Å²) in [5.41, 5.74) is 3.92. The van der Waals surface area contributed by atoms with Crippen LogP contribution < -0.4 is 0 Å². The van der Waals surface area contributed by atoms with Crippen LogP contribution in [0.25, 0.3) is 0 Å². The van der Waals surface area contributed by atoms with Crippen LogP contribution in [0.2, 0.25) is 0 Å². The van der Waals surface area contributed by atoms with E-state index in [-0.39, 0.29) is 12.0 Å². The topological polar surface area (TPSA) is 33.1 Å². The van der Waals surface area contributed by atoms with E-state index in [1.165, 1.54) is 35.3 Å². The molecule has 0 radical (unpaired) electrons.